The Kier molecular flexibility index (Phi) is 8.86. The van der Waals surface area contributed by atoms with E-state index in [0.29, 0.717) is 54.9 Å². The Labute approximate surface area is 231 Å². The molecule has 0 bridgehead atoms. The van der Waals surface area contributed by atoms with Crippen LogP contribution in [0.3, 0.4) is 0 Å². The Morgan fingerprint density at radius 2 is 1.85 bits per heavy atom. The molecule has 0 aliphatic carbocycles. The minimum atomic E-state index is -1.06. The maximum absolute atomic E-state index is 13.8. The zero-order chi connectivity index (χ0) is 29.0. The van der Waals surface area contributed by atoms with Crippen molar-refractivity contribution in [3.63, 3.8) is 0 Å². The van der Waals surface area contributed by atoms with Crippen LogP contribution in [-0.4, -0.2) is 66.9 Å². The number of rotatable bonds is 8. The zero-order valence-corrected chi connectivity index (χ0v) is 22.7. The van der Waals surface area contributed by atoms with Crippen LogP contribution in [0.2, 0.25) is 0 Å². The molecule has 10 heteroatoms. The number of hydrogen-bond acceptors (Lipinski definition) is 6. The van der Waals surface area contributed by atoms with Crippen LogP contribution in [0, 0.1) is 34.7 Å². The van der Waals surface area contributed by atoms with Crippen LogP contribution < -0.4 is 9.64 Å². The molecule has 1 aliphatic rings. The van der Waals surface area contributed by atoms with Gasteiger partial charge in [0.15, 0.2) is 0 Å². The highest BCUT2D eigenvalue weighted by molar-refractivity contribution is 5.88. The molecule has 0 spiro atoms. The van der Waals surface area contributed by atoms with E-state index in [-0.39, 0.29) is 19.4 Å². The summed E-state index contributed by atoms with van der Waals surface area (Å²) in [6.07, 6.45) is 1.92. The lowest BCUT2D eigenvalue weighted by Crippen LogP contribution is -2.44. The van der Waals surface area contributed by atoms with Gasteiger partial charge in [-0.15, -0.1) is 0 Å². The van der Waals surface area contributed by atoms with Crippen molar-refractivity contribution in [2.45, 2.75) is 31.8 Å². The van der Waals surface area contributed by atoms with Gasteiger partial charge in [-0.25, -0.2) is 13.2 Å². The third-order valence-electron chi connectivity index (χ3n) is 7.60. The number of piperidine rings is 1. The number of aliphatic carboxylic acids is 1. The number of anilines is 1. The molecule has 2 heterocycles. The predicted molar refractivity (Wildman–Crippen MR) is 146 cm³/mol. The molecule has 40 heavy (non-hydrogen) atoms. The second-order valence-corrected chi connectivity index (χ2v) is 10.3. The lowest BCUT2D eigenvalue weighted by molar-refractivity contribution is -0.153. The molecule has 4 rings (SSSR count). The molecule has 3 aromatic rings. The van der Waals surface area contributed by atoms with E-state index < -0.39 is 40.5 Å². The van der Waals surface area contributed by atoms with Crippen LogP contribution in [0.25, 0.3) is 10.9 Å². The summed E-state index contributed by atoms with van der Waals surface area (Å²) in [4.78, 5) is 20.7. The quantitative estimate of drug-likeness (QED) is 0.388. The average Bonchev–Trinajstić information content (AvgIpc) is 2.92. The minimum Gasteiger partial charge on any atom is -0.497 e. The standard InChI is InChI=1S/C30H32F3N3O4/c1-35(2)26-18-34-25-7-6-20(40-3)17-22(25)28(26)27(37)8-9-30(29(38)39)10-13-36(14-11-30)12-4-5-21-23(32)15-19(31)16-24(21)33/h6-7,15-18,27,37H,8-14H2,1-3H3,(H,38,39). The first-order valence-electron chi connectivity index (χ1n) is 13.0. The van der Waals surface area contributed by atoms with Crippen LogP contribution in [0.1, 0.15) is 42.9 Å². The number of hydrogen-bond donors (Lipinski definition) is 2. The number of carbonyl (C=O) groups is 1. The van der Waals surface area contributed by atoms with E-state index in [1.165, 1.54) is 0 Å². The first-order chi connectivity index (χ1) is 19.0. The Hall–Kier alpha value is -3.81. The lowest BCUT2D eigenvalue weighted by Gasteiger charge is -2.38. The molecule has 212 valence electrons. The Morgan fingerprint density at radius 3 is 2.45 bits per heavy atom. The van der Waals surface area contributed by atoms with Gasteiger partial charge in [-0.05, 0) is 43.9 Å². The molecule has 1 aliphatic heterocycles. The van der Waals surface area contributed by atoms with Gasteiger partial charge in [0.2, 0.25) is 0 Å². The van der Waals surface area contributed by atoms with Crippen molar-refractivity contribution in [1.29, 1.82) is 0 Å². The number of benzene rings is 2. The molecule has 2 N–H and O–H groups in total. The highest BCUT2D eigenvalue weighted by atomic mass is 19.1. The molecule has 1 atom stereocenters. The molecule has 7 nitrogen and oxygen atoms in total. The molecule has 1 aromatic heterocycles. The predicted octanol–water partition coefficient (Wildman–Crippen LogP) is 4.76. The van der Waals surface area contributed by atoms with E-state index >= 15 is 0 Å². The smallest absolute Gasteiger partial charge is 0.309 e. The number of fused-ring (bicyclic) bond motifs is 1. The topological polar surface area (TPSA) is 86.1 Å². The third-order valence-corrected chi connectivity index (χ3v) is 7.60. The SMILES string of the molecule is COc1ccc2ncc(N(C)C)c(C(O)CCC3(C(=O)O)CCN(CC#Cc4c(F)cc(F)cc4F)CC3)c2c1. The number of nitrogens with zero attached hydrogens (tertiary/aromatic N) is 3. The van der Waals surface area contributed by atoms with Crippen molar-refractivity contribution < 1.29 is 32.9 Å². The maximum Gasteiger partial charge on any atom is 0.309 e. The highest BCUT2D eigenvalue weighted by Gasteiger charge is 2.41. The number of aliphatic hydroxyl groups is 1. The number of pyridine rings is 1. The molecule has 1 fully saturated rings. The summed E-state index contributed by atoms with van der Waals surface area (Å²) in [6.45, 7) is 1.03. The van der Waals surface area contributed by atoms with Gasteiger partial charge in [0, 0.05) is 50.3 Å². The number of ether oxygens (including phenoxy) is 1. The van der Waals surface area contributed by atoms with Crippen molar-refractivity contribution in [3.8, 4) is 17.6 Å². The summed E-state index contributed by atoms with van der Waals surface area (Å²) >= 11 is 0. The van der Waals surface area contributed by atoms with Crippen LogP contribution in [0.15, 0.2) is 36.5 Å². The van der Waals surface area contributed by atoms with E-state index in [1.807, 2.05) is 36.0 Å². The summed E-state index contributed by atoms with van der Waals surface area (Å²) < 4.78 is 46.2. The minimum absolute atomic E-state index is 0.186. The van der Waals surface area contributed by atoms with Crippen LogP contribution in [0.5, 0.6) is 5.75 Å². The average molecular weight is 556 g/mol. The number of carboxylic acid groups (broad SMARTS) is 1. The van der Waals surface area contributed by atoms with Crippen molar-refractivity contribution >= 4 is 22.6 Å². The summed E-state index contributed by atoms with van der Waals surface area (Å²) in [6, 6.07) is 6.60. The van der Waals surface area contributed by atoms with E-state index in [2.05, 4.69) is 16.8 Å². The third kappa shape index (κ3) is 6.16. The molecule has 2 aromatic carbocycles. The van der Waals surface area contributed by atoms with Gasteiger partial charge in [0.1, 0.15) is 23.2 Å². The van der Waals surface area contributed by atoms with Crippen molar-refractivity contribution in [2.75, 3.05) is 45.7 Å². The van der Waals surface area contributed by atoms with Crippen molar-refractivity contribution in [3.05, 3.63) is 65.1 Å². The van der Waals surface area contributed by atoms with Gasteiger partial charge in [-0.3, -0.25) is 14.7 Å². The summed E-state index contributed by atoms with van der Waals surface area (Å²) in [5.74, 6) is 1.69. The Morgan fingerprint density at radius 1 is 1.18 bits per heavy atom. The highest BCUT2D eigenvalue weighted by Crippen LogP contribution is 2.41. The van der Waals surface area contributed by atoms with E-state index in [0.717, 1.165) is 11.1 Å². The molecule has 1 unspecified atom stereocenters. The summed E-state index contributed by atoms with van der Waals surface area (Å²) in [5.41, 5.74) is 0.579. The number of likely N-dealkylation sites (tertiary alicyclic amines) is 1. The second kappa shape index (κ2) is 12.1. The van der Waals surface area contributed by atoms with Gasteiger partial charge in [-0.2, -0.15) is 0 Å². The largest absolute Gasteiger partial charge is 0.497 e. The summed E-state index contributed by atoms with van der Waals surface area (Å²) in [7, 11) is 5.28. The van der Waals surface area contributed by atoms with Crippen molar-refractivity contribution in [2.24, 2.45) is 5.41 Å². The van der Waals surface area contributed by atoms with E-state index in [4.69, 9.17) is 4.74 Å². The molecular weight excluding hydrogens is 523 g/mol. The van der Waals surface area contributed by atoms with E-state index in [9.17, 15) is 28.2 Å². The van der Waals surface area contributed by atoms with Crippen molar-refractivity contribution in [1.82, 2.24) is 9.88 Å². The molecule has 0 radical (unpaired) electrons. The monoisotopic (exact) mass is 555 g/mol. The van der Waals surface area contributed by atoms with Crippen LogP contribution in [0.4, 0.5) is 18.9 Å². The van der Waals surface area contributed by atoms with Gasteiger partial charge >= 0.3 is 5.97 Å². The van der Waals surface area contributed by atoms with Crippen LogP contribution in [-0.2, 0) is 4.79 Å². The lowest BCUT2D eigenvalue weighted by atomic mass is 9.74. The molecule has 1 saturated heterocycles. The molecule has 0 saturated carbocycles. The first kappa shape index (κ1) is 29.2. The second-order valence-electron chi connectivity index (χ2n) is 10.3. The first-order valence-corrected chi connectivity index (χ1v) is 13.0. The fraction of sp³-hybridized carbons (Fsp3) is 0.400. The normalized spacial score (nSPS) is 15.8. The maximum atomic E-state index is 13.8. The number of methoxy groups -OCH3 is 1. The fourth-order valence-electron chi connectivity index (χ4n) is 5.18. The Balaban J connectivity index is 1.46. The van der Waals surface area contributed by atoms with Crippen LogP contribution >= 0.6 is 0 Å². The zero-order valence-electron chi connectivity index (χ0n) is 22.7. The number of aliphatic hydroxyl groups excluding tert-OH is 1. The van der Waals surface area contributed by atoms with Gasteiger partial charge in [-0.1, -0.05) is 11.8 Å². The van der Waals surface area contributed by atoms with Gasteiger partial charge < -0.3 is 19.8 Å². The number of aromatic nitrogens is 1. The molecular formula is C30H32F3N3O4. The van der Waals surface area contributed by atoms with Gasteiger partial charge in [0.05, 0.1) is 48.1 Å². The number of halogens is 3. The Bertz CT molecular complexity index is 1440. The fourth-order valence-corrected chi connectivity index (χ4v) is 5.18. The van der Waals surface area contributed by atoms with Gasteiger partial charge in [0.25, 0.3) is 0 Å². The van der Waals surface area contributed by atoms with E-state index in [1.54, 1.807) is 19.4 Å². The molecule has 0 amide bonds. The number of carboxylic acids is 1. The summed E-state index contributed by atoms with van der Waals surface area (Å²) in [5, 5.41) is 22.3.